The van der Waals surface area contributed by atoms with E-state index in [1.165, 1.54) is 18.2 Å². The van der Waals surface area contributed by atoms with Crippen LogP contribution in [0.15, 0.2) is 18.2 Å². The molecule has 1 saturated carbocycles. The first-order chi connectivity index (χ1) is 10.9. The van der Waals surface area contributed by atoms with Gasteiger partial charge in [0.2, 0.25) is 0 Å². The number of nitrogens with two attached hydrogens (primary N) is 1. The van der Waals surface area contributed by atoms with Crippen molar-refractivity contribution in [3.05, 3.63) is 33.3 Å². The van der Waals surface area contributed by atoms with Gasteiger partial charge < -0.3 is 15.8 Å². The molecule has 24 heavy (non-hydrogen) atoms. The summed E-state index contributed by atoms with van der Waals surface area (Å²) >= 11 is 5.75. The Balaban J connectivity index is 0.00000288. The number of nitrogens with one attached hydrogen (secondary N) is 1. The van der Waals surface area contributed by atoms with Crippen LogP contribution in [-0.2, 0) is 4.79 Å². The van der Waals surface area contributed by atoms with Gasteiger partial charge in [0.05, 0.1) is 4.92 Å². The van der Waals surface area contributed by atoms with E-state index in [1.807, 2.05) is 0 Å². The van der Waals surface area contributed by atoms with E-state index in [1.54, 1.807) is 6.92 Å². The highest BCUT2D eigenvalue weighted by Crippen LogP contribution is 2.30. The third-order valence-corrected chi connectivity index (χ3v) is 4.14. The second-order valence-electron chi connectivity index (χ2n) is 5.75. The van der Waals surface area contributed by atoms with Gasteiger partial charge in [-0.1, -0.05) is 11.6 Å². The van der Waals surface area contributed by atoms with Crippen LogP contribution in [0.2, 0.25) is 5.02 Å². The standard InChI is InChI=1S/C15H20ClN3O4.ClH/c1-9(15(20)18-12-5-3-11(17)4-6-12)23-14-7-2-10(16)8-13(14)19(21)22;/h2,7-9,11-12H,3-6,17H2,1H3,(H,18,20);1H. The fourth-order valence-corrected chi connectivity index (χ4v) is 2.73. The monoisotopic (exact) mass is 377 g/mol. The van der Waals surface area contributed by atoms with Crippen molar-refractivity contribution in [2.24, 2.45) is 5.73 Å². The lowest BCUT2D eigenvalue weighted by Crippen LogP contribution is -2.45. The van der Waals surface area contributed by atoms with E-state index in [0.717, 1.165) is 25.7 Å². The molecule has 0 bridgehead atoms. The summed E-state index contributed by atoms with van der Waals surface area (Å²) < 4.78 is 5.45. The number of nitro groups is 1. The smallest absolute Gasteiger partial charge is 0.312 e. The Labute approximate surface area is 151 Å². The molecule has 1 aromatic carbocycles. The van der Waals surface area contributed by atoms with Crippen LogP contribution in [0.3, 0.4) is 0 Å². The van der Waals surface area contributed by atoms with E-state index >= 15 is 0 Å². The van der Waals surface area contributed by atoms with E-state index in [0.29, 0.717) is 0 Å². The van der Waals surface area contributed by atoms with Crippen molar-refractivity contribution >= 4 is 35.6 Å². The summed E-state index contributed by atoms with van der Waals surface area (Å²) in [5.41, 5.74) is 5.57. The average molecular weight is 378 g/mol. The number of benzene rings is 1. The summed E-state index contributed by atoms with van der Waals surface area (Å²) in [5, 5.41) is 14.2. The van der Waals surface area contributed by atoms with Crippen LogP contribution in [0.25, 0.3) is 0 Å². The fraction of sp³-hybridized carbons (Fsp3) is 0.533. The van der Waals surface area contributed by atoms with Crippen LogP contribution >= 0.6 is 24.0 Å². The van der Waals surface area contributed by atoms with E-state index < -0.39 is 11.0 Å². The minimum Gasteiger partial charge on any atom is -0.474 e. The minimum absolute atomic E-state index is 0. The van der Waals surface area contributed by atoms with Gasteiger partial charge in [-0.05, 0) is 44.7 Å². The largest absolute Gasteiger partial charge is 0.474 e. The van der Waals surface area contributed by atoms with Crippen molar-refractivity contribution in [1.82, 2.24) is 5.32 Å². The van der Waals surface area contributed by atoms with Gasteiger partial charge >= 0.3 is 5.69 Å². The number of halogens is 2. The lowest BCUT2D eigenvalue weighted by Gasteiger charge is -2.27. The molecule has 0 aromatic heterocycles. The van der Waals surface area contributed by atoms with Crippen molar-refractivity contribution < 1.29 is 14.5 Å². The summed E-state index contributed by atoms with van der Waals surface area (Å²) in [6.45, 7) is 1.56. The first-order valence-corrected chi connectivity index (χ1v) is 7.91. The number of nitrogens with zero attached hydrogens (tertiary/aromatic N) is 1. The number of ether oxygens (including phenoxy) is 1. The van der Waals surface area contributed by atoms with Gasteiger partial charge in [-0.15, -0.1) is 12.4 Å². The SMILES string of the molecule is CC(Oc1ccc(Cl)cc1[N+](=O)[O-])C(=O)NC1CCC(N)CC1.Cl. The Hall–Kier alpha value is -1.57. The zero-order valence-corrected chi connectivity index (χ0v) is 14.8. The van der Waals surface area contributed by atoms with Gasteiger partial charge in [0.15, 0.2) is 11.9 Å². The Morgan fingerprint density at radius 1 is 1.42 bits per heavy atom. The molecule has 1 aliphatic rings. The summed E-state index contributed by atoms with van der Waals surface area (Å²) in [7, 11) is 0. The molecule has 7 nitrogen and oxygen atoms in total. The van der Waals surface area contributed by atoms with Gasteiger partial charge in [-0.3, -0.25) is 14.9 Å². The molecule has 1 aliphatic carbocycles. The van der Waals surface area contributed by atoms with Crippen molar-refractivity contribution in [1.29, 1.82) is 0 Å². The van der Waals surface area contributed by atoms with E-state index in [9.17, 15) is 14.9 Å². The van der Waals surface area contributed by atoms with Gasteiger partial charge in [-0.25, -0.2) is 0 Å². The maximum absolute atomic E-state index is 12.2. The Morgan fingerprint density at radius 3 is 2.62 bits per heavy atom. The van der Waals surface area contributed by atoms with Gasteiger partial charge in [0.25, 0.3) is 5.91 Å². The molecule has 1 aromatic rings. The zero-order chi connectivity index (χ0) is 17.0. The van der Waals surface area contributed by atoms with Crippen molar-refractivity contribution in [2.75, 3.05) is 0 Å². The predicted molar refractivity (Wildman–Crippen MR) is 93.8 cm³/mol. The number of hydrogen-bond acceptors (Lipinski definition) is 5. The lowest BCUT2D eigenvalue weighted by molar-refractivity contribution is -0.386. The highest BCUT2D eigenvalue weighted by molar-refractivity contribution is 6.30. The van der Waals surface area contributed by atoms with E-state index in [2.05, 4.69) is 5.32 Å². The highest BCUT2D eigenvalue weighted by Gasteiger charge is 2.25. The Bertz CT molecular complexity index is 592. The lowest BCUT2D eigenvalue weighted by atomic mass is 9.92. The fourth-order valence-electron chi connectivity index (χ4n) is 2.56. The normalized spacial score (nSPS) is 21.3. The summed E-state index contributed by atoms with van der Waals surface area (Å²) in [6.07, 6.45) is 2.58. The maximum Gasteiger partial charge on any atom is 0.312 e. The van der Waals surface area contributed by atoms with Crippen molar-refractivity contribution in [3.8, 4) is 5.75 Å². The molecule has 3 N–H and O–H groups in total. The topological polar surface area (TPSA) is 107 Å². The molecular formula is C15H21Cl2N3O4. The molecule has 0 aliphatic heterocycles. The molecule has 1 amide bonds. The third-order valence-electron chi connectivity index (χ3n) is 3.91. The highest BCUT2D eigenvalue weighted by atomic mass is 35.5. The first-order valence-electron chi connectivity index (χ1n) is 7.53. The van der Waals surface area contributed by atoms with Crippen LogP contribution in [0.4, 0.5) is 5.69 Å². The molecular weight excluding hydrogens is 357 g/mol. The average Bonchev–Trinajstić information content (AvgIpc) is 2.51. The molecule has 0 heterocycles. The van der Waals surface area contributed by atoms with Crippen LogP contribution in [0.5, 0.6) is 5.75 Å². The molecule has 1 unspecified atom stereocenters. The number of rotatable bonds is 5. The summed E-state index contributed by atoms with van der Waals surface area (Å²) in [4.78, 5) is 22.6. The summed E-state index contributed by atoms with van der Waals surface area (Å²) in [6, 6.07) is 4.35. The zero-order valence-electron chi connectivity index (χ0n) is 13.2. The number of nitro benzene ring substituents is 1. The molecule has 2 rings (SSSR count). The second-order valence-corrected chi connectivity index (χ2v) is 6.19. The Kier molecular flexibility index (Phi) is 7.72. The number of amides is 1. The van der Waals surface area contributed by atoms with Crippen molar-refractivity contribution in [2.45, 2.75) is 50.8 Å². The van der Waals surface area contributed by atoms with Crippen LogP contribution in [-0.4, -0.2) is 29.0 Å². The predicted octanol–water partition coefficient (Wildman–Crippen LogP) is 2.82. The quantitative estimate of drug-likeness (QED) is 0.605. The molecule has 134 valence electrons. The summed E-state index contributed by atoms with van der Waals surface area (Å²) in [5.74, 6) is -0.276. The second kappa shape index (κ2) is 9.05. The van der Waals surface area contributed by atoms with Gasteiger partial charge in [-0.2, -0.15) is 0 Å². The van der Waals surface area contributed by atoms with E-state index in [-0.39, 0.29) is 46.9 Å². The number of hydrogen-bond donors (Lipinski definition) is 2. The number of carbonyl (C=O) groups excluding carboxylic acids is 1. The van der Waals surface area contributed by atoms with Crippen LogP contribution < -0.4 is 15.8 Å². The molecule has 9 heteroatoms. The molecule has 0 spiro atoms. The third kappa shape index (κ3) is 5.51. The maximum atomic E-state index is 12.2. The molecule has 1 atom stereocenters. The Morgan fingerprint density at radius 2 is 2.04 bits per heavy atom. The van der Waals surface area contributed by atoms with E-state index in [4.69, 9.17) is 22.1 Å². The van der Waals surface area contributed by atoms with Crippen molar-refractivity contribution in [3.63, 3.8) is 0 Å². The number of carbonyl (C=O) groups is 1. The van der Waals surface area contributed by atoms with Crippen LogP contribution in [0.1, 0.15) is 32.6 Å². The van der Waals surface area contributed by atoms with Crippen LogP contribution in [0, 0.1) is 10.1 Å². The van der Waals surface area contributed by atoms with Gasteiger partial charge in [0, 0.05) is 23.2 Å². The molecule has 1 fully saturated rings. The molecule has 0 radical (unpaired) electrons. The first kappa shape index (κ1) is 20.5. The minimum atomic E-state index is -0.842. The van der Waals surface area contributed by atoms with Gasteiger partial charge in [0.1, 0.15) is 0 Å². The molecule has 0 saturated heterocycles.